The molecular formula is C21H22N2O2S. The second-order valence-corrected chi connectivity index (χ2v) is 8.24. The highest BCUT2D eigenvalue weighted by Crippen LogP contribution is 2.38. The first-order valence-electron chi connectivity index (χ1n) is 9.19. The van der Waals surface area contributed by atoms with Crippen LogP contribution in [0.25, 0.3) is 0 Å². The standard InChI is InChI=1S/C21H22N2O2S/c24-20-12-10-14-13-15(9-11-17(14)22-20)21(25)23-18-7-3-4-8-19(18)26-16-5-1-2-6-16/h3-4,7-9,11,13,16H,1-2,5-6,10,12H2,(H,22,24)(H,23,25). The average molecular weight is 366 g/mol. The van der Waals surface area contributed by atoms with Crippen molar-refractivity contribution in [3.63, 3.8) is 0 Å². The van der Waals surface area contributed by atoms with Gasteiger partial charge in [-0.2, -0.15) is 0 Å². The maximum absolute atomic E-state index is 12.7. The van der Waals surface area contributed by atoms with Crippen LogP contribution in [-0.4, -0.2) is 17.1 Å². The van der Waals surface area contributed by atoms with Crippen LogP contribution in [0.4, 0.5) is 11.4 Å². The number of aryl methyl sites for hydroxylation is 1. The van der Waals surface area contributed by atoms with Gasteiger partial charge in [-0.05, 0) is 55.2 Å². The molecule has 1 fully saturated rings. The summed E-state index contributed by atoms with van der Waals surface area (Å²) >= 11 is 1.88. The Hall–Kier alpha value is -2.27. The summed E-state index contributed by atoms with van der Waals surface area (Å²) in [6.07, 6.45) is 6.26. The van der Waals surface area contributed by atoms with Gasteiger partial charge in [0.2, 0.25) is 5.91 Å². The van der Waals surface area contributed by atoms with Gasteiger partial charge in [0.15, 0.2) is 0 Å². The number of thioether (sulfide) groups is 1. The third-order valence-electron chi connectivity index (χ3n) is 4.99. The lowest BCUT2D eigenvalue weighted by Crippen LogP contribution is -2.20. The van der Waals surface area contributed by atoms with Gasteiger partial charge in [-0.1, -0.05) is 25.0 Å². The van der Waals surface area contributed by atoms with E-state index in [0.29, 0.717) is 23.7 Å². The zero-order valence-corrected chi connectivity index (χ0v) is 15.4. The summed E-state index contributed by atoms with van der Waals surface area (Å²) < 4.78 is 0. The number of anilines is 2. The van der Waals surface area contributed by atoms with Crippen LogP contribution in [0.2, 0.25) is 0 Å². The van der Waals surface area contributed by atoms with E-state index in [0.717, 1.165) is 21.8 Å². The van der Waals surface area contributed by atoms with Gasteiger partial charge in [0, 0.05) is 27.8 Å². The molecule has 134 valence electrons. The van der Waals surface area contributed by atoms with E-state index in [1.165, 1.54) is 25.7 Å². The third-order valence-corrected chi connectivity index (χ3v) is 6.41. The summed E-state index contributed by atoms with van der Waals surface area (Å²) in [6, 6.07) is 13.5. The first-order valence-corrected chi connectivity index (χ1v) is 10.1. The summed E-state index contributed by atoms with van der Waals surface area (Å²) in [6.45, 7) is 0. The molecule has 0 atom stereocenters. The van der Waals surface area contributed by atoms with Crippen molar-refractivity contribution in [3.05, 3.63) is 53.6 Å². The van der Waals surface area contributed by atoms with E-state index in [1.807, 2.05) is 42.1 Å². The van der Waals surface area contributed by atoms with E-state index in [-0.39, 0.29) is 11.8 Å². The number of nitrogens with one attached hydrogen (secondary N) is 2. The molecule has 0 radical (unpaired) electrons. The van der Waals surface area contributed by atoms with Crippen molar-refractivity contribution in [1.29, 1.82) is 0 Å². The number of para-hydroxylation sites is 1. The smallest absolute Gasteiger partial charge is 0.255 e. The molecular weight excluding hydrogens is 344 g/mol. The predicted molar refractivity (Wildman–Crippen MR) is 106 cm³/mol. The lowest BCUT2D eigenvalue weighted by molar-refractivity contribution is -0.116. The SMILES string of the molecule is O=C1CCc2cc(C(=O)Nc3ccccc3SC3CCCC3)ccc2N1. The Balaban J connectivity index is 1.50. The molecule has 1 saturated carbocycles. The molecule has 2 aliphatic rings. The van der Waals surface area contributed by atoms with Crippen LogP contribution in [0.3, 0.4) is 0 Å². The Morgan fingerprint density at radius 1 is 1.08 bits per heavy atom. The van der Waals surface area contributed by atoms with E-state index in [4.69, 9.17) is 0 Å². The molecule has 0 saturated heterocycles. The number of fused-ring (bicyclic) bond motifs is 1. The zero-order valence-electron chi connectivity index (χ0n) is 14.6. The first-order chi connectivity index (χ1) is 12.7. The molecule has 4 rings (SSSR count). The molecule has 2 N–H and O–H groups in total. The van der Waals surface area contributed by atoms with Crippen LogP contribution >= 0.6 is 11.8 Å². The van der Waals surface area contributed by atoms with Gasteiger partial charge in [-0.15, -0.1) is 11.8 Å². The summed E-state index contributed by atoms with van der Waals surface area (Å²) in [5, 5.41) is 6.57. The van der Waals surface area contributed by atoms with Crippen molar-refractivity contribution in [3.8, 4) is 0 Å². The van der Waals surface area contributed by atoms with Crippen molar-refractivity contribution in [2.45, 2.75) is 48.7 Å². The maximum atomic E-state index is 12.7. The van der Waals surface area contributed by atoms with E-state index >= 15 is 0 Å². The number of benzene rings is 2. The summed E-state index contributed by atoms with van der Waals surface area (Å²) in [5.41, 5.74) is 3.34. The van der Waals surface area contributed by atoms with Crippen LogP contribution in [0.1, 0.15) is 48.0 Å². The number of hydrogen-bond acceptors (Lipinski definition) is 3. The normalized spacial score (nSPS) is 16.8. The highest BCUT2D eigenvalue weighted by Gasteiger charge is 2.19. The summed E-state index contributed by atoms with van der Waals surface area (Å²) in [5.74, 6) is -0.0725. The molecule has 0 aromatic heterocycles. The Kier molecular flexibility index (Phi) is 4.98. The highest BCUT2D eigenvalue weighted by molar-refractivity contribution is 8.00. The Labute approximate surface area is 157 Å². The molecule has 2 aromatic rings. The molecule has 0 spiro atoms. The minimum absolute atomic E-state index is 0.0348. The van der Waals surface area contributed by atoms with Crippen LogP contribution in [0, 0.1) is 0 Å². The molecule has 1 heterocycles. The minimum Gasteiger partial charge on any atom is -0.326 e. The van der Waals surface area contributed by atoms with Gasteiger partial charge in [0.25, 0.3) is 5.91 Å². The molecule has 1 aliphatic heterocycles. The molecule has 1 aliphatic carbocycles. The predicted octanol–water partition coefficient (Wildman–Crippen LogP) is 4.86. The molecule has 26 heavy (non-hydrogen) atoms. The molecule has 2 aromatic carbocycles. The molecule has 0 unspecified atom stereocenters. The lowest BCUT2D eigenvalue weighted by Gasteiger charge is -2.18. The molecule has 0 bridgehead atoms. The second-order valence-electron chi connectivity index (χ2n) is 6.89. The van der Waals surface area contributed by atoms with Crippen molar-refractivity contribution >= 4 is 35.0 Å². The Bertz CT molecular complexity index is 844. The number of carbonyl (C=O) groups is 2. The number of carbonyl (C=O) groups excluding carboxylic acids is 2. The zero-order chi connectivity index (χ0) is 17.9. The lowest BCUT2D eigenvalue weighted by atomic mass is 10.00. The van der Waals surface area contributed by atoms with Gasteiger partial charge < -0.3 is 10.6 Å². The fraction of sp³-hybridized carbons (Fsp3) is 0.333. The molecule has 5 heteroatoms. The van der Waals surface area contributed by atoms with Gasteiger partial charge >= 0.3 is 0 Å². The number of rotatable bonds is 4. The molecule has 4 nitrogen and oxygen atoms in total. The van der Waals surface area contributed by atoms with Gasteiger partial charge in [0.1, 0.15) is 0 Å². The fourth-order valence-electron chi connectivity index (χ4n) is 3.58. The van der Waals surface area contributed by atoms with Crippen molar-refractivity contribution in [2.75, 3.05) is 10.6 Å². The van der Waals surface area contributed by atoms with Gasteiger partial charge in [-0.25, -0.2) is 0 Å². The quantitative estimate of drug-likeness (QED) is 0.812. The van der Waals surface area contributed by atoms with Crippen molar-refractivity contribution in [2.24, 2.45) is 0 Å². The summed E-state index contributed by atoms with van der Waals surface area (Å²) in [4.78, 5) is 25.4. The third kappa shape index (κ3) is 3.78. The van der Waals surface area contributed by atoms with E-state index in [9.17, 15) is 9.59 Å². The number of hydrogen-bond donors (Lipinski definition) is 2. The Morgan fingerprint density at radius 3 is 2.73 bits per heavy atom. The van der Waals surface area contributed by atoms with Crippen LogP contribution in [0.15, 0.2) is 47.4 Å². The van der Waals surface area contributed by atoms with Crippen molar-refractivity contribution in [1.82, 2.24) is 0 Å². The topological polar surface area (TPSA) is 58.2 Å². The fourth-order valence-corrected chi connectivity index (χ4v) is 4.91. The van der Waals surface area contributed by atoms with Crippen LogP contribution < -0.4 is 10.6 Å². The van der Waals surface area contributed by atoms with Crippen molar-refractivity contribution < 1.29 is 9.59 Å². The van der Waals surface area contributed by atoms with Crippen LogP contribution in [-0.2, 0) is 11.2 Å². The highest BCUT2D eigenvalue weighted by atomic mass is 32.2. The van der Waals surface area contributed by atoms with Gasteiger partial charge in [-0.3, -0.25) is 9.59 Å². The maximum Gasteiger partial charge on any atom is 0.255 e. The monoisotopic (exact) mass is 366 g/mol. The van der Waals surface area contributed by atoms with E-state index in [2.05, 4.69) is 16.7 Å². The average Bonchev–Trinajstić information content (AvgIpc) is 3.16. The van der Waals surface area contributed by atoms with E-state index < -0.39 is 0 Å². The first kappa shape index (κ1) is 17.2. The van der Waals surface area contributed by atoms with Crippen LogP contribution in [0.5, 0.6) is 0 Å². The number of amides is 2. The van der Waals surface area contributed by atoms with E-state index in [1.54, 1.807) is 6.07 Å². The largest absolute Gasteiger partial charge is 0.326 e. The second kappa shape index (κ2) is 7.54. The van der Waals surface area contributed by atoms with Gasteiger partial charge in [0.05, 0.1) is 5.69 Å². The Morgan fingerprint density at radius 2 is 1.88 bits per heavy atom. The summed E-state index contributed by atoms with van der Waals surface area (Å²) in [7, 11) is 0. The molecule has 2 amide bonds. The minimum atomic E-state index is -0.107.